The molecule has 1 fully saturated rings. The summed E-state index contributed by atoms with van der Waals surface area (Å²) in [5.41, 5.74) is 5.46. The molecule has 1 atom stereocenters. The van der Waals surface area contributed by atoms with Gasteiger partial charge < -0.3 is 16.0 Å². The van der Waals surface area contributed by atoms with Crippen LogP contribution in [0.5, 0.6) is 0 Å². The van der Waals surface area contributed by atoms with E-state index < -0.39 is 0 Å². The first-order valence-electron chi connectivity index (χ1n) is 3.97. The van der Waals surface area contributed by atoms with Crippen molar-refractivity contribution in [3.63, 3.8) is 0 Å². The van der Waals surface area contributed by atoms with E-state index in [1.807, 2.05) is 0 Å². The third-order valence-corrected chi connectivity index (χ3v) is 1.82. The Morgan fingerprint density at radius 3 is 2.55 bits per heavy atom. The number of carbonyl (C=O) groups is 1. The molecule has 0 radical (unpaired) electrons. The maximum absolute atomic E-state index is 11.3. The minimum atomic E-state index is -0.354. The lowest BCUT2D eigenvalue weighted by Gasteiger charge is -2.28. The zero-order chi connectivity index (χ0) is 8.27. The summed E-state index contributed by atoms with van der Waals surface area (Å²) < 4.78 is 0. The van der Waals surface area contributed by atoms with Crippen molar-refractivity contribution >= 4 is 5.91 Å². The number of carbonyl (C=O) groups excluding carboxylic acids is 1. The molecule has 0 spiro atoms. The van der Waals surface area contributed by atoms with Crippen LogP contribution in [0.4, 0.5) is 0 Å². The fourth-order valence-electron chi connectivity index (χ4n) is 1.17. The highest BCUT2D eigenvalue weighted by atomic mass is 16.2. The van der Waals surface area contributed by atoms with E-state index in [4.69, 9.17) is 5.73 Å². The van der Waals surface area contributed by atoms with Gasteiger partial charge in [-0.25, -0.2) is 0 Å². The number of rotatable bonds is 1. The topological polar surface area (TPSA) is 58.4 Å². The van der Waals surface area contributed by atoms with Crippen LogP contribution in [0.2, 0.25) is 0 Å². The van der Waals surface area contributed by atoms with Crippen molar-refractivity contribution in [1.82, 2.24) is 10.2 Å². The van der Waals surface area contributed by atoms with E-state index in [2.05, 4.69) is 5.32 Å². The fourth-order valence-corrected chi connectivity index (χ4v) is 1.17. The van der Waals surface area contributed by atoms with Crippen LogP contribution >= 0.6 is 0 Å². The zero-order valence-electron chi connectivity index (χ0n) is 6.84. The monoisotopic (exact) mass is 157 g/mol. The SMILES string of the molecule is C[C@@H](N)C(=O)N1CCNCC1. The predicted molar refractivity (Wildman–Crippen MR) is 43.1 cm³/mol. The van der Waals surface area contributed by atoms with E-state index in [1.54, 1.807) is 11.8 Å². The number of piperazine rings is 1. The molecule has 0 unspecified atom stereocenters. The largest absolute Gasteiger partial charge is 0.339 e. The second kappa shape index (κ2) is 3.69. The van der Waals surface area contributed by atoms with Gasteiger partial charge in [0.2, 0.25) is 5.91 Å². The summed E-state index contributed by atoms with van der Waals surface area (Å²) in [7, 11) is 0. The van der Waals surface area contributed by atoms with Gasteiger partial charge in [0.1, 0.15) is 0 Å². The molecule has 64 valence electrons. The van der Waals surface area contributed by atoms with Crippen LogP contribution in [0.3, 0.4) is 0 Å². The molecule has 0 saturated carbocycles. The molecule has 1 rings (SSSR count). The Kier molecular flexibility index (Phi) is 2.84. The fraction of sp³-hybridized carbons (Fsp3) is 0.857. The van der Waals surface area contributed by atoms with Crippen LogP contribution in [0.15, 0.2) is 0 Å². The molecule has 0 aromatic heterocycles. The van der Waals surface area contributed by atoms with E-state index in [1.165, 1.54) is 0 Å². The molecule has 4 nitrogen and oxygen atoms in total. The highest BCUT2D eigenvalue weighted by Gasteiger charge is 2.18. The van der Waals surface area contributed by atoms with Crippen molar-refractivity contribution in [3.05, 3.63) is 0 Å². The first kappa shape index (κ1) is 8.49. The maximum Gasteiger partial charge on any atom is 0.239 e. The van der Waals surface area contributed by atoms with Crippen molar-refractivity contribution < 1.29 is 4.79 Å². The average molecular weight is 157 g/mol. The van der Waals surface area contributed by atoms with E-state index in [-0.39, 0.29) is 11.9 Å². The van der Waals surface area contributed by atoms with Crippen LogP contribution in [0, 0.1) is 0 Å². The van der Waals surface area contributed by atoms with Gasteiger partial charge in [-0.05, 0) is 6.92 Å². The highest BCUT2D eigenvalue weighted by Crippen LogP contribution is 1.94. The van der Waals surface area contributed by atoms with Gasteiger partial charge in [-0.2, -0.15) is 0 Å². The third kappa shape index (κ3) is 2.17. The lowest BCUT2D eigenvalue weighted by Crippen LogP contribution is -2.51. The van der Waals surface area contributed by atoms with Crippen LogP contribution < -0.4 is 11.1 Å². The number of hydrogen-bond donors (Lipinski definition) is 2. The maximum atomic E-state index is 11.3. The molecule has 4 heteroatoms. The van der Waals surface area contributed by atoms with Crippen LogP contribution in [0.1, 0.15) is 6.92 Å². The minimum Gasteiger partial charge on any atom is -0.339 e. The van der Waals surface area contributed by atoms with E-state index in [0.29, 0.717) is 0 Å². The Bertz CT molecular complexity index is 141. The predicted octanol–water partition coefficient (Wildman–Crippen LogP) is -1.23. The van der Waals surface area contributed by atoms with Crippen molar-refractivity contribution in [2.75, 3.05) is 26.2 Å². The van der Waals surface area contributed by atoms with Gasteiger partial charge in [0.25, 0.3) is 0 Å². The summed E-state index contributed by atoms with van der Waals surface area (Å²) in [4.78, 5) is 13.1. The summed E-state index contributed by atoms with van der Waals surface area (Å²) in [5.74, 6) is 0.0616. The Labute approximate surface area is 66.7 Å². The summed E-state index contributed by atoms with van der Waals surface area (Å²) >= 11 is 0. The Balaban J connectivity index is 2.39. The van der Waals surface area contributed by atoms with Gasteiger partial charge >= 0.3 is 0 Å². The highest BCUT2D eigenvalue weighted by molar-refractivity contribution is 5.81. The third-order valence-electron chi connectivity index (χ3n) is 1.82. The van der Waals surface area contributed by atoms with Gasteiger partial charge in [0.15, 0.2) is 0 Å². The molecule has 0 aliphatic carbocycles. The van der Waals surface area contributed by atoms with Crippen LogP contribution in [-0.4, -0.2) is 43.0 Å². The molecule has 1 saturated heterocycles. The van der Waals surface area contributed by atoms with Gasteiger partial charge in [-0.1, -0.05) is 0 Å². The van der Waals surface area contributed by atoms with Gasteiger partial charge in [-0.3, -0.25) is 4.79 Å². The van der Waals surface area contributed by atoms with Crippen LogP contribution in [-0.2, 0) is 4.79 Å². The van der Waals surface area contributed by atoms with Gasteiger partial charge in [0, 0.05) is 26.2 Å². The summed E-state index contributed by atoms with van der Waals surface area (Å²) in [6.07, 6.45) is 0. The normalized spacial score (nSPS) is 21.5. The molecule has 1 amide bonds. The number of hydrogen-bond acceptors (Lipinski definition) is 3. The van der Waals surface area contributed by atoms with E-state index in [0.717, 1.165) is 26.2 Å². The first-order valence-corrected chi connectivity index (χ1v) is 3.97. The smallest absolute Gasteiger partial charge is 0.239 e. The first-order chi connectivity index (χ1) is 5.22. The summed E-state index contributed by atoms with van der Waals surface area (Å²) in [5, 5.41) is 3.17. The van der Waals surface area contributed by atoms with Crippen LogP contribution in [0.25, 0.3) is 0 Å². The Morgan fingerprint density at radius 1 is 1.55 bits per heavy atom. The average Bonchev–Trinajstić information content (AvgIpc) is 2.05. The molecule has 1 aliphatic rings. The lowest BCUT2D eigenvalue weighted by atomic mass is 10.2. The molecule has 0 aromatic rings. The van der Waals surface area contributed by atoms with Gasteiger partial charge in [0.05, 0.1) is 6.04 Å². The molecule has 1 aliphatic heterocycles. The number of nitrogens with one attached hydrogen (secondary N) is 1. The minimum absolute atomic E-state index is 0.0616. The molecule has 3 N–H and O–H groups in total. The van der Waals surface area contributed by atoms with Gasteiger partial charge in [-0.15, -0.1) is 0 Å². The molecule has 0 aromatic carbocycles. The second-order valence-electron chi connectivity index (χ2n) is 2.86. The lowest BCUT2D eigenvalue weighted by molar-refractivity contribution is -0.132. The molecule has 1 heterocycles. The van der Waals surface area contributed by atoms with Crippen molar-refractivity contribution in [1.29, 1.82) is 0 Å². The summed E-state index contributed by atoms with van der Waals surface area (Å²) in [6.45, 7) is 5.09. The van der Waals surface area contributed by atoms with Crippen molar-refractivity contribution in [2.24, 2.45) is 5.73 Å². The number of nitrogens with two attached hydrogens (primary N) is 1. The summed E-state index contributed by atoms with van der Waals surface area (Å²) in [6, 6.07) is -0.354. The molecular weight excluding hydrogens is 142 g/mol. The zero-order valence-corrected chi connectivity index (χ0v) is 6.84. The quantitative estimate of drug-likeness (QED) is 0.501. The Morgan fingerprint density at radius 2 is 2.09 bits per heavy atom. The van der Waals surface area contributed by atoms with Crippen molar-refractivity contribution in [3.8, 4) is 0 Å². The van der Waals surface area contributed by atoms with E-state index >= 15 is 0 Å². The van der Waals surface area contributed by atoms with Crippen molar-refractivity contribution in [2.45, 2.75) is 13.0 Å². The molecule has 11 heavy (non-hydrogen) atoms. The van der Waals surface area contributed by atoms with E-state index in [9.17, 15) is 4.79 Å². The standard InChI is InChI=1S/C7H15N3O/c1-6(8)7(11)10-4-2-9-3-5-10/h6,9H,2-5,8H2,1H3/t6-/m1/s1. The second-order valence-corrected chi connectivity index (χ2v) is 2.86. The Hall–Kier alpha value is -0.610. The number of nitrogens with zero attached hydrogens (tertiary/aromatic N) is 1. The molecular formula is C7H15N3O. The molecule has 0 bridgehead atoms. The number of amides is 1.